The Morgan fingerprint density at radius 3 is 2.75 bits per heavy atom. The van der Waals surface area contributed by atoms with E-state index in [1.54, 1.807) is 0 Å². The predicted molar refractivity (Wildman–Crippen MR) is 62.1 cm³/mol. The van der Waals surface area contributed by atoms with Gasteiger partial charge in [-0.1, -0.05) is 23.7 Å². The molecule has 4 nitrogen and oxygen atoms in total. The fourth-order valence-corrected chi connectivity index (χ4v) is 1.21. The van der Waals surface area contributed by atoms with Crippen molar-refractivity contribution in [3.05, 3.63) is 51.1 Å². The highest BCUT2D eigenvalue weighted by Crippen LogP contribution is 2.15. The molecule has 16 heavy (non-hydrogen) atoms. The molecular weight excluding hydrogens is 253 g/mol. The zero-order valence-electron chi connectivity index (χ0n) is 8.02. The second-order valence-corrected chi connectivity index (χ2v) is 3.65. The van der Waals surface area contributed by atoms with E-state index >= 15 is 0 Å². The number of rotatable bonds is 4. The quantitative estimate of drug-likeness (QED) is 0.274. The Balaban J connectivity index is 3.01. The third-order valence-electron chi connectivity index (χ3n) is 1.76. The molecule has 0 unspecified atom stereocenters. The summed E-state index contributed by atoms with van der Waals surface area (Å²) < 4.78 is 0. The van der Waals surface area contributed by atoms with Gasteiger partial charge in [0.05, 0.1) is 10.8 Å². The van der Waals surface area contributed by atoms with Crippen LogP contribution in [0.5, 0.6) is 0 Å². The lowest BCUT2D eigenvalue weighted by Crippen LogP contribution is -1.97. The molecule has 0 radical (unpaired) electrons. The van der Waals surface area contributed by atoms with E-state index < -0.39 is 10.7 Å². The van der Waals surface area contributed by atoms with Gasteiger partial charge >= 0.3 is 0 Å². The lowest BCUT2D eigenvalue weighted by Gasteiger charge is -1.96. The van der Waals surface area contributed by atoms with E-state index in [0.29, 0.717) is 0 Å². The number of allylic oxidation sites excluding steroid dienone is 2. The number of hydrogen-bond donors (Lipinski definition) is 0. The van der Waals surface area contributed by atoms with Gasteiger partial charge in [0.25, 0.3) is 5.69 Å². The van der Waals surface area contributed by atoms with Gasteiger partial charge in [-0.25, -0.2) is 0 Å². The smallest absolute Gasteiger partial charge is 0.270 e. The zero-order valence-corrected chi connectivity index (χ0v) is 9.53. The summed E-state index contributed by atoms with van der Waals surface area (Å²) in [5.74, 6) is -0.378. The predicted octanol–water partition coefficient (Wildman–Crippen LogP) is 3.14. The first kappa shape index (κ1) is 12.7. The van der Waals surface area contributed by atoms with Crippen LogP contribution in [0.1, 0.15) is 10.4 Å². The van der Waals surface area contributed by atoms with Crippen molar-refractivity contribution in [1.82, 2.24) is 0 Å². The zero-order chi connectivity index (χ0) is 12.1. The first-order chi connectivity index (χ1) is 7.54. The summed E-state index contributed by atoms with van der Waals surface area (Å²) in [6.45, 7) is 0. The number of alkyl halides is 1. The van der Waals surface area contributed by atoms with E-state index in [2.05, 4.69) is 0 Å². The number of nitro groups is 1. The molecule has 0 bridgehead atoms. The number of carbonyl (C=O) groups excluding carboxylic acids is 1. The minimum Gasteiger partial charge on any atom is -0.289 e. The summed E-state index contributed by atoms with van der Waals surface area (Å²) in [6.07, 6.45) is 1.15. The number of non-ortho nitro benzene ring substituents is 1. The molecular formula is C10H7Cl2NO3. The van der Waals surface area contributed by atoms with Gasteiger partial charge in [0.15, 0.2) is 5.78 Å². The van der Waals surface area contributed by atoms with E-state index in [1.165, 1.54) is 24.3 Å². The van der Waals surface area contributed by atoms with Crippen molar-refractivity contribution in [2.75, 3.05) is 5.88 Å². The summed E-state index contributed by atoms with van der Waals surface area (Å²) in [6, 6.07) is 5.42. The maximum absolute atomic E-state index is 11.5. The molecule has 0 aliphatic carbocycles. The Kier molecular flexibility index (Phi) is 4.46. The number of benzene rings is 1. The van der Waals surface area contributed by atoms with Crippen LogP contribution >= 0.6 is 23.2 Å². The molecule has 0 saturated carbocycles. The minimum absolute atomic E-state index is 0.0300. The Labute approximate surface area is 102 Å². The monoisotopic (exact) mass is 259 g/mol. The molecule has 0 spiro atoms. The molecule has 0 aliphatic heterocycles. The van der Waals surface area contributed by atoms with Gasteiger partial charge < -0.3 is 0 Å². The van der Waals surface area contributed by atoms with E-state index in [-0.39, 0.29) is 22.2 Å². The summed E-state index contributed by atoms with van der Waals surface area (Å²) in [7, 11) is 0. The van der Waals surface area contributed by atoms with E-state index in [1.807, 2.05) is 0 Å². The molecule has 0 N–H and O–H groups in total. The van der Waals surface area contributed by atoms with Crippen LogP contribution in [0.15, 0.2) is 35.4 Å². The van der Waals surface area contributed by atoms with Crippen molar-refractivity contribution < 1.29 is 9.72 Å². The molecule has 0 fully saturated rings. The van der Waals surface area contributed by atoms with Crippen LogP contribution < -0.4 is 0 Å². The molecule has 0 atom stereocenters. The van der Waals surface area contributed by atoms with Crippen LogP contribution in [0.3, 0.4) is 0 Å². The molecule has 0 saturated heterocycles. The lowest BCUT2D eigenvalue weighted by molar-refractivity contribution is -0.384. The van der Waals surface area contributed by atoms with Crippen LogP contribution in [0.2, 0.25) is 0 Å². The van der Waals surface area contributed by atoms with Crippen molar-refractivity contribution in [3.63, 3.8) is 0 Å². The molecule has 0 amide bonds. The van der Waals surface area contributed by atoms with Crippen LogP contribution in [0, 0.1) is 10.1 Å². The topological polar surface area (TPSA) is 60.2 Å². The number of nitrogens with zero attached hydrogens (tertiary/aromatic N) is 1. The Hall–Kier alpha value is -1.39. The third-order valence-corrected chi connectivity index (χ3v) is 2.42. The minimum atomic E-state index is -0.566. The van der Waals surface area contributed by atoms with Gasteiger partial charge in [-0.3, -0.25) is 14.9 Å². The molecule has 6 heteroatoms. The summed E-state index contributed by atoms with van der Waals surface area (Å²) in [4.78, 5) is 21.5. The summed E-state index contributed by atoms with van der Waals surface area (Å²) in [5.41, 5.74) is 0.0683. The second kappa shape index (κ2) is 5.63. The highest BCUT2D eigenvalue weighted by Gasteiger charge is 2.10. The molecule has 1 rings (SSSR count). The van der Waals surface area contributed by atoms with Crippen molar-refractivity contribution in [2.24, 2.45) is 0 Å². The maximum Gasteiger partial charge on any atom is 0.270 e. The summed E-state index contributed by atoms with van der Waals surface area (Å²) >= 11 is 11.0. The Morgan fingerprint density at radius 1 is 1.50 bits per heavy atom. The number of halogens is 2. The van der Waals surface area contributed by atoms with Crippen LogP contribution in [-0.4, -0.2) is 16.6 Å². The highest BCUT2D eigenvalue weighted by atomic mass is 35.5. The normalized spacial score (nSPS) is 11.2. The van der Waals surface area contributed by atoms with Gasteiger partial charge in [-0.15, -0.1) is 11.6 Å². The SMILES string of the molecule is O=C(/C=C(/Cl)CCl)c1cccc([N+](=O)[O-])c1. The van der Waals surface area contributed by atoms with E-state index in [0.717, 1.165) is 6.08 Å². The number of hydrogen-bond acceptors (Lipinski definition) is 3. The third kappa shape index (κ3) is 3.32. The number of nitro benzene ring substituents is 1. The fourth-order valence-electron chi connectivity index (χ4n) is 1.04. The van der Waals surface area contributed by atoms with Crippen molar-refractivity contribution >= 4 is 34.7 Å². The molecule has 84 valence electrons. The number of carbonyl (C=O) groups is 1. The van der Waals surface area contributed by atoms with Gasteiger partial charge in [0, 0.05) is 28.8 Å². The molecule has 0 heterocycles. The van der Waals surface area contributed by atoms with Crippen molar-refractivity contribution in [1.29, 1.82) is 0 Å². The standard InChI is InChI=1S/C10H7Cl2NO3/c11-6-8(12)5-10(14)7-2-1-3-9(4-7)13(15)16/h1-5H,6H2/b8-5+. The average molecular weight is 260 g/mol. The van der Waals surface area contributed by atoms with Crippen LogP contribution in [-0.2, 0) is 0 Å². The average Bonchev–Trinajstić information content (AvgIpc) is 2.28. The fraction of sp³-hybridized carbons (Fsp3) is 0.100. The molecule has 0 aromatic heterocycles. The Bertz CT molecular complexity index is 457. The Morgan fingerprint density at radius 2 is 2.19 bits per heavy atom. The van der Waals surface area contributed by atoms with Crippen molar-refractivity contribution in [3.8, 4) is 0 Å². The van der Waals surface area contributed by atoms with Crippen molar-refractivity contribution in [2.45, 2.75) is 0 Å². The first-order valence-corrected chi connectivity index (χ1v) is 5.16. The summed E-state index contributed by atoms with van der Waals surface area (Å²) in [5, 5.41) is 10.7. The molecule has 1 aromatic carbocycles. The lowest BCUT2D eigenvalue weighted by atomic mass is 10.1. The van der Waals surface area contributed by atoms with Gasteiger partial charge in [-0.2, -0.15) is 0 Å². The first-order valence-electron chi connectivity index (χ1n) is 4.25. The second-order valence-electron chi connectivity index (χ2n) is 2.90. The van der Waals surface area contributed by atoms with E-state index in [9.17, 15) is 14.9 Å². The van der Waals surface area contributed by atoms with Gasteiger partial charge in [0.2, 0.25) is 0 Å². The van der Waals surface area contributed by atoms with Gasteiger partial charge in [0.1, 0.15) is 0 Å². The van der Waals surface area contributed by atoms with E-state index in [4.69, 9.17) is 23.2 Å². The highest BCUT2D eigenvalue weighted by molar-refractivity contribution is 6.37. The van der Waals surface area contributed by atoms with Crippen LogP contribution in [0.4, 0.5) is 5.69 Å². The largest absolute Gasteiger partial charge is 0.289 e. The van der Waals surface area contributed by atoms with Crippen LogP contribution in [0.25, 0.3) is 0 Å². The molecule has 0 aliphatic rings. The molecule has 1 aromatic rings. The maximum atomic E-state index is 11.5. The number of ketones is 1. The van der Waals surface area contributed by atoms with Gasteiger partial charge in [-0.05, 0) is 0 Å².